The quantitative estimate of drug-likeness (QED) is 0.825. The molecule has 0 radical (unpaired) electrons. The number of hydrogen-bond donors (Lipinski definition) is 1. The molecule has 0 unspecified atom stereocenters. The van der Waals surface area contributed by atoms with E-state index in [-0.39, 0.29) is 6.10 Å². The molecule has 3 heterocycles. The zero-order valence-corrected chi connectivity index (χ0v) is 15.4. The predicted molar refractivity (Wildman–Crippen MR) is 99.9 cm³/mol. The van der Waals surface area contributed by atoms with Gasteiger partial charge in [-0.1, -0.05) is 0 Å². The van der Waals surface area contributed by atoms with Gasteiger partial charge in [0.25, 0.3) is 0 Å². The monoisotopic (exact) mass is 359 g/mol. The molecule has 1 saturated heterocycles. The van der Waals surface area contributed by atoms with Crippen LogP contribution in [0.25, 0.3) is 0 Å². The van der Waals surface area contributed by atoms with E-state index in [2.05, 4.69) is 11.0 Å². The van der Waals surface area contributed by atoms with Crippen molar-refractivity contribution in [2.75, 3.05) is 57.5 Å². The van der Waals surface area contributed by atoms with Crippen molar-refractivity contribution in [3.63, 3.8) is 0 Å². The standard InChI is InChI=1S/C20H29N3O3/c21-23-5-3-15-11-18-20(19(14-1-2-14)17(15)4-6-23)22(7-8-26-18)12-16-13-24-9-10-25-16/h11,14,16H,1-10,12-13,21H2/t16-/m1/s1. The van der Waals surface area contributed by atoms with Gasteiger partial charge in [0, 0.05) is 19.6 Å². The molecule has 1 saturated carbocycles. The summed E-state index contributed by atoms with van der Waals surface area (Å²) in [6.45, 7) is 6.52. The molecule has 0 bridgehead atoms. The van der Waals surface area contributed by atoms with Gasteiger partial charge in [0.2, 0.25) is 0 Å². The van der Waals surface area contributed by atoms with Crippen molar-refractivity contribution in [2.24, 2.45) is 5.84 Å². The van der Waals surface area contributed by atoms with Crippen molar-refractivity contribution < 1.29 is 14.2 Å². The van der Waals surface area contributed by atoms with Crippen LogP contribution in [0, 0.1) is 0 Å². The van der Waals surface area contributed by atoms with Crippen molar-refractivity contribution in [3.05, 3.63) is 22.8 Å². The summed E-state index contributed by atoms with van der Waals surface area (Å²) in [4.78, 5) is 2.50. The fraction of sp³-hybridized carbons (Fsp3) is 0.700. The Morgan fingerprint density at radius 1 is 1.08 bits per heavy atom. The number of fused-ring (bicyclic) bond motifs is 2. The number of anilines is 1. The van der Waals surface area contributed by atoms with E-state index in [1.54, 1.807) is 5.56 Å². The van der Waals surface area contributed by atoms with Gasteiger partial charge in [-0.25, -0.2) is 5.01 Å². The van der Waals surface area contributed by atoms with Crippen LogP contribution in [-0.4, -0.2) is 63.7 Å². The van der Waals surface area contributed by atoms with Crippen LogP contribution in [0.4, 0.5) is 5.69 Å². The van der Waals surface area contributed by atoms with Crippen molar-refractivity contribution in [2.45, 2.75) is 37.7 Å². The topological polar surface area (TPSA) is 60.2 Å². The Kier molecular flexibility index (Phi) is 4.52. The first-order valence-corrected chi connectivity index (χ1v) is 10.0. The van der Waals surface area contributed by atoms with Gasteiger partial charge in [0.1, 0.15) is 12.4 Å². The first-order valence-electron chi connectivity index (χ1n) is 10.0. The van der Waals surface area contributed by atoms with E-state index in [4.69, 9.17) is 20.1 Å². The van der Waals surface area contributed by atoms with Crippen molar-refractivity contribution in [1.82, 2.24) is 5.01 Å². The fourth-order valence-electron chi connectivity index (χ4n) is 4.61. The number of hydrazine groups is 1. The van der Waals surface area contributed by atoms with Crippen LogP contribution in [0.2, 0.25) is 0 Å². The highest BCUT2D eigenvalue weighted by Crippen LogP contribution is 2.51. The number of rotatable bonds is 3. The van der Waals surface area contributed by atoms with Gasteiger partial charge in [-0.15, -0.1) is 0 Å². The Bertz CT molecular complexity index is 671. The van der Waals surface area contributed by atoms with Crippen molar-refractivity contribution >= 4 is 5.69 Å². The predicted octanol–water partition coefficient (Wildman–Crippen LogP) is 1.45. The number of nitrogens with two attached hydrogens (primary N) is 1. The maximum absolute atomic E-state index is 6.14. The summed E-state index contributed by atoms with van der Waals surface area (Å²) in [5.41, 5.74) is 5.86. The van der Waals surface area contributed by atoms with Crippen LogP contribution < -0.4 is 15.5 Å². The Morgan fingerprint density at radius 3 is 2.77 bits per heavy atom. The first-order chi connectivity index (χ1) is 12.8. The molecule has 1 aromatic rings. The van der Waals surface area contributed by atoms with E-state index in [1.165, 1.54) is 29.7 Å². The second kappa shape index (κ2) is 7.00. The van der Waals surface area contributed by atoms with Crippen LogP contribution in [-0.2, 0) is 22.3 Å². The lowest BCUT2D eigenvalue weighted by atomic mass is 9.91. The van der Waals surface area contributed by atoms with Gasteiger partial charge in [0.15, 0.2) is 0 Å². The third-order valence-electron chi connectivity index (χ3n) is 6.05. The third-order valence-corrected chi connectivity index (χ3v) is 6.05. The van der Waals surface area contributed by atoms with Crippen molar-refractivity contribution in [1.29, 1.82) is 0 Å². The molecular formula is C20H29N3O3. The zero-order valence-electron chi connectivity index (χ0n) is 15.4. The van der Waals surface area contributed by atoms with E-state index in [0.29, 0.717) is 25.7 Å². The highest BCUT2D eigenvalue weighted by molar-refractivity contribution is 5.71. The maximum atomic E-state index is 6.14. The molecule has 6 nitrogen and oxygen atoms in total. The fourth-order valence-corrected chi connectivity index (χ4v) is 4.61. The Morgan fingerprint density at radius 2 is 1.96 bits per heavy atom. The summed E-state index contributed by atoms with van der Waals surface area (Å²) in [5.74, 6) is 7.88. The van der Waals surface area contributed by atoms with Crippen LogP contribution >= 0.6 is 0 Å². The van der Waals surface area contributed by atoms with Crippen LogP contribution in [0.15, 0.2) is 6.07 Å². The molecule has 1 aliphatic carbocycles. The summed E-state index contributed by atoms with van der Waals surface area (Å²) < 4.78 is 17.7. The zero-order chi connectivity index (χ0) is 17.5. The molecule has 6 heteroatoms. The first kappa shape index (κ1) is 16.8. The molecule has 4 aliphatic rings. The Balaban J connectivity index is 1.52. The van der Waals surface area contributed by atoms with Gasteiger partial charge in [0.05, 0.1) is 38.2 Å². The normalized spacial score (nSPS) is 26.7. The molecular weight excluding hydrogens is 330 g/mol. The van der Waals surface area contributed by atoms with Crippen LogP contribution in [0.3, 0.4) is 0 Å². The van der Waals surface area contributed by atoms with Gasteiger partial charge < -0.3 is 19.1 Å². The highest BCUT2D eigenvalue weighted by Gasteiger charge is 2.36. The molecule has 5 rings (SSSR count). The molecule has 2 fully saturated rings. The molecule has 0 amide bonds. The number of hydrogen-bond acceptors (Lipinski definition) is 6. The van der Waals surface area contributed by atoms with Crippen LogP contribution in [0.5, 0.6) is 5.75 Å². The minimum atomic E-state index is 0.153. The maximum Gasteiger partial charge on any atom is 0.143 e. The molecule has 2 N–H and O–H groups in total. The molecule has 1 atom stereocenters. The molecule has 0 spiro atoms. The minimum absolute atomic E-state index is 0.153. The Hall–Kier alpha value is -1.34. The molecule has 0 aromatic heterocycles. The Labute approximate surface area is 155 Å². The lowest BCUT2D eigenvalue weighted by molar-refractivity contribution is -0.0842. The molecule has 26 heavy (non-hydrogen) atoms. The summed E-state index contributed by atoms with van der Waals surface area (Å²) in [6, 6.07) is 2.29. The smallest absolute Gasteiger partial charge is 0.143 e. The lowest BCUT2D eigenvalue weighted by Crippen LogP contribution is -2.43. The highest BCUT2D eigenvalue weighted by atomic mass is 16.6. The van der Waals surface area contributed by atoms with Crippen LogP contribution in [0.1, 0.15) is 35.4 Å². The largest absolute Gasteiger partial charge is 0.490 e. The van der Waals surface area contributed by atoms with E-state index in [1.807, 2.05) is 5.01 Å². The summed E-state index contributed by atoms with van der Waals surface area (Å²) in [5, 5.41) is 1.96. The minimum Gasteiger partial charge on any atom is -0.490 e. The summed E-state index contributed by atoms with van der Waals surface area (Å²) >= 11 is 0. The number of benzene rings is 1. The lowest BCUT2D eigenvalue weighted by Gasteiger charge is -2.37. The van der Waals surface area contributed by atoms with Gasteiger partial charge in [-0.3, -0.25) is 5.84 Å². The van der Waals surface area contributed by atoms with Gasteiger partial charge in [-0.2, -0.15) is 0 Å². The third kappa shape index (κ3) is 3.20. The second-order valence-corrected chi connectivity index (χ2v) is 7.95. The SMILES string of the molecule is NN1CCc2cc3c(c(C4CC4)c2CC1)N(C[C@@H]1COCCO1)CCO3. The summed E-state index contributed by atoms with van der Waals surface area (Å²) in [6.07, 6.45) is 4.81. The number of nitrogens with zero attached hydrogens (tertiary/aromatic N) is 2. The average molecular weight is 359 g/mol. The molecule has 1 aromatic carbocycles. The number of ether oxygens (including phenoxy) is 3. The average Bonchev–Trinajstić information content (AvgIpc) is 3.50. The van der Waals surface area contributed by atoms with Crippen molar-refractivity contribution in [3.8, 4) is 5.75 Å². The van der Waals surface area contributed by atoms with Gasteiger partial charge in [-0.05, 0) is 54.4 Å². The molecule has 3 aliphatic heterocycles. The van der Waals surface area contributed by atoms with E-state index < -0.39 is 0 Å². The summed E-state index contributed by atoms with van der Waals surface area (Å²) in [7, 11) is 0. The van der Waals surface area contributed by atoms with E-state index >= 15 is 0 Å². The van der Waals surface area contributed by atoms with E-state index in [9.17, 15) is 0 Å². The second-order valence-electron chi connectivity index (χ2n) is 7.95. The van der Waals surface area contributed by atoms with Gasteiger partial charge >= 0.3 is 0 Å². The van der Waals surface area contributed by atoms with E-state index in [0.717, 1.165) is 51.4 Å². The molecule has 142 valence electrons.